The number of hydrogen-bond acceptors (Lipinski definition) is 2. The second-order valence-corrected chi connectivity index (χ2v) is 4.31. The normalized spacial score (nSPS) is 16.9. The van der Waals surface area contributed by atoms with Gasteiger partial charge in [-0.2, -0.15) is 13.2 Å². The van der Waals surface area contributed by atoms with Crippen LogP contribution in [0.4, 0.5) is 13.2 Å². The van der Waals surface area contributed by atoms with E-state index in [2.05, 4.69) is 4.90 Å². The zero-order valence-corrected chi connectivity index (χ0v) is 10.6. The molecule has 0 bridgehead atoms. The van der Waals surface area contributed by atoms with Gasteiger partial charge < -0.3 is 4.74 Å². The molecule has 0 spiro atoms. The standard InChI is InChI=1S/C11H22F3NO/c1-6-15(8(2)3)7-9(4)16-10(5)11(12,13)14/h8-10H,6-7H2,1-5H3. The van der Waals surface area contributed by atoms with E-state index >= 15 is 0 Å². The van der Waals surface area contributed by atoms with Gasteiger partial charge in [0.05, 0.1) is 6.10 Å². The second-order valence-electron chi connectivity index (χ2n) is 4.31. The summed E-state index contributed by atoms with van der Waals surface area (Å²) in [7, 11) is 0. The van der Waals surface area contributed by atoms with Crippen molar-refractivity contribution in [1.82, 2.24) is 4.90 Å². The summed E-state index contributed by atoms with van der Waals surface area (Å²) in [6, 6.07) is 0.317. The molecule has 2 atom stereocenters. The molecule has 0 aliphatic rings. The predicted molar refractivity (Wildman–Crippen MR) is 58.4 cm³/mol. The van der Waals surface area contributed by atoms with E-state index in [-0.39, 0.29) is 0 Å². The first-order valence-corrected chi connectivity index (χ1v) is 5.64. The summed E-state index contributed by atoms with van der Waals surface area (Å²) < 4.78 is 41.7. The van der Waals surface area contributed by atoms with Gasteiger partial charge in [0.2, 0.25) is 0 Å². The highest BCUT2D eigenvalue weighted by atomic mass is 19.4. The Bertz CT molecular complexity index is 190. The van der Waals surface area contributed by atoms with E-state index in [0.717, 1.165) is 13.5 Å². The quantitative estimate of drug-likeness (QED) is 0.708. The van der Waals surface area contributed by atoms with Crippen LogP contribution in [0, 0.1) is 0 Å². The lowest BCUT2D eigenvalue weighted by molar-refractivity contribution is -0.226. The average molecular weight is 241 g/mol. The van der Waals surface area contributed by atoms with Crippen molar-refractivity contribution in [2.75, 3.05) is 13.1 Å². The summed E-state index contributed by atoms with van der Waals surface area (Å²) in [5.41, 5.74) is 0. The first-order chi connectivity index (χ1) is 7.18. The largest absolute Gasteiger partial charge is 0.414 e. The molecule has 2 nitrogen and oxygen atoms in total. The monoisotopic (exact) mass is 241 g/mol. The summed E-state index contributed by atoms with van der Waals surface area (Å²) in [4.78, 5) is 2.08. The Kier molecular flexibility index (Phi) is 6.33. The molecular weight excluding hydrogens is 219 g/mol. The van der Waals surface area contributed by atoms with Gasteiger partial charge in [-0.3, -0.25) is 4.90 Å². The van der Waals surface area contributed by atoms with Crippen molar-refractivity contribution in [2.45, 2.75) is 59.0 Å². The fraction of sp³-hybridized carbons (Fsp3) is 1.00. The molecule has 0 aromatic heterocycles. The molecule has 0 heterocycles. The Morgan fingerprint density at radius 1 is 1.12 bits per heavy atom. The Balaban J connectivity index is 4.12. The smallest absolute Gasteiger partial charge is 0.365 e. The number of halogens is 3. The minimum Gasteiger partial charge on any atom is -0.365 e. The van der Waals surface area contributed by atoms with Gasteiger partial charge in [-0.15, -0.1) is 0 Å². The third-order valence-electron chi connectivity index (χ3n) is 2.53. The summed E-state index contributed by atoms with van der Waals surface area (Å²) >= 11 is 0. The SMILES string of the molecule is CCN(CC(C)OC(C)C(F)(F)F)C(C)C. The fourth-order valence-corrected chi connectivity index (χ4v) is 1.50. The van der Waals surface area contributed by atoms with Crippen molar-refractivity contribution in [3.05, 3.63) is 0 Å². The van der Waals surface area contributed by atoms with E-state index in [1.807, 2.05) is 20.8 Å². The van der Waals surface area contributed by atoms with Crippen LogP contribution in [0.25, 0.3) is 0 Å². The molecule has 0 saturated heterocycles. The van der Waals surface area contributed by atoms with Gasteiger partial charge in [-0.1, -0.05) is 6.92 Å². The van der Waals surface area contributed by atoms with Gasteiger partial charge in [0.25, 0.3) is 0 Å². The van der Waals surface area contributed by atoms with Gasteiger partial charge in [-0.05, 0) is 34.2 Å². The molecule has 0 aromatic carbocycles. The molecule has 0 aliphatic carbocycles. The van der Waals surface area contributed by atoms with Gasteiger partial charge in [-0.25, -0.2) is 0 Å². The van der Waals surface area contributed by atoms with Crippen molar-refractivity contribution in [3.63, 3.8) is 0 Å². The highest BCUT2D eigenvalue weighted by Gasteiger charge is 2.38. The van der Waals surface area contributed by atoms with Gasteiger partial charge in [0.1, 0.15) is 0 Å². The minimum absolute atomic E-state index is 0.317. The molecule has 0 rings (SSSR count). The number of hydrogen-bond donors (Lipinski definition) is 0. The summed E-state index contributed by atoms with van der Waals surface area (Å²) in [6.07, 6.45) is -6.39. The van der Waals surface area contributed by atoms with Crippen LogP contribution < -0.4 is 0 Å². The molecular formula is C11H22F3NO. The van der Waals surface area contributed by atoms with E-state index in [0.29, 0.717) is 12.6 Å². The van der Waals surface area contributed by atoms with Crippen molar-refractivity contribution < 1.29 is 17.9 Å². The topological polar surface area (TPSA) is 12.5 Å². The first-order valence-electron chi connectivity index (χ1n) is 5.64. The van der Waals surface area contributed by atoms with Crippen molar-refractivity contribution in [1.29, 1.82) is 0 Å². The Labute approximate surface area is 95.8 Å². The van der Waals surface area contributed by atoms with E-state index < -0.39 is 18.4 Å². The van der Waals surface area contributed by atoms with Gasteiger partial charge in [0, 0.05) is 12.6 Å². The van der Waals surface area contributed by atoms with Gasteiger partial charge >= 0.3 is 6.18 Å². The molecule has 0 aromatic rings. The molecule has 0 amide bonds. The van der Waals surface area contributed by atoms with E-state index in [1.165, 1.54) is 0 Å². The van der Waals surface area contributed by atoms with Crippen LogP contribution in [0.3, 0.4) is 0 Å². The lowest BCUT2D eigenvalue weighted by atomic mass is 10.2. The lowest BCUT2D eigenvalue weighted by Crippen LogP contribution is -2.40. The van der Waals surface area contributed by atoms with Crippen LogP contribution in [0.15, 0.2) is 0 Å². The number of nitrogens with zero attached hydrogens (tertiary/aromatic N) is 1. The second kappa shape index (κ2) is 6.45. The predicted octanol–water partition coefficient (Wildman–Crippen LogP) is 3.07. The molecule has 0 aliphatic heterocycles. The van der Waals surface area contributed by atoms with Crippen LogP contribution in [0.1, 0.15) is 34.6 Å². The maximum atomic E-state index is 12.2. The number of alkyl halides is 3. The molecule has 0 N–H and O–H groups in total. The summed E-state index contributed by atoms with van der Waals surface area (Å²) in [6.45, 7) is 10.1. The summed E-state index contributed by atoms with van der Waals surface area (Å²) in [5.74, 6) is 0. The minimum atomic E-state index is -4.27. The lowest BCUT2D eigenvalue weighted by Gasteiger charge is -2.29. The van der Waals surface area contributed by atoms with Crippen LogP contribution in [-0.2, 0) is 4.74 Å². The highest BCUT2D eigenvalue weighted by Crippen LogP contribution is 2.23. The zero-order valence-electron chi connectivity index (χ0n) is 10.6. The average Bonchev–Trinajstić information content (AvgIpc) is 2.11. The molecule has 5 heteroatoms. The van der Waals surface area contributed by atoms with E-state index in [4.69, 9.17) is 4.74 Å². The van der Waals surface area contributed by atoms with Crippen molar-refractivity contribution >= 4 is 0 Å². The van der Waals surface area contributed by atoms with Crippen molar-refractivity contribution in [2.24, 2.45) is 0 Å². The molecule has 98 valence electrons. The fourth-order valence-electron chi connectivity index (χ4n) is 1.50. The summed E-state index contributed by atoms with van der Waals surface area (Å²) in [5, 5.41) is 0. The Morgan fingerprint density at radius 2 is 1.62 bits per heavy atom. The van der Waals surface area contributed by atoms with Crippen molar-refractivity contribution in [3.8, 4) is 0 Å². The van der Waals surface area contributed by atoms with E-state index in [1.54, 1.807) is 6.92 Å². The molecule has 2 unspecified atom stereocenters. The third-order valence-corrected chi connectivity index (χ3v) is 2.53. The van der Waals surface area contributed by atoms with Crippen LogP contribution in [0.2, 0.25) is 0 Å². The van der Waals surface area contributed by atoms with E-state index in [9.17, 15) is 13.2 Å². The number of ether oxygens (including phenoxy) is 1. The maximum Gasteiger partial charge on any atom is 0.414 e. The Morgan fingerprint density at radius 3 is 1.94 bits per heavy atom. The molecule has 0 fully saturated rings. The third kappa shape index (κ3) is 5.70. The highest BCUT2D eigenvalue weighted by molar-refractivity contribution is 4.68. The Hall–Kier alpha value is -0.290. The molecule has 0 saturated carbocycles. The number of likely N-dealkylation sites (N-methyl/N-ethyl adjacent to an activating group) is 1. The first kappa shape index (κ1) is 15.7. The van der Waals surface area contributed by atoms with Gasteiger partial charge in [0.15, 0.2) is 6.10 Å². The van der Waals surface area contributed by atoms with Crippen LogP contribution >= 0.6 is 0 Å². The van der Waals surface area contributed by atoms with Crippen LogP contribution in [-0.4, -0.2) is 42.4 Å². The maximum absolute atomic E-state index is 12.2. The number of rotatable bonds is 6. The zero-order chi connectivity index (χ0) is 12.9. The molecule has 16 heavy (non-hydrogen) atoms. The molecule has 0 radical (unpaired) electrons. The van der Waals surface area contributed by atoms with Crippen LogP contribution in [0.5, 0.6) is 0 Å².